The van der Waals surface area contributed by atoms with Crippen LogP contribution in [0.1, 0.15) is 50.1 Å². The van der Waals surface area contributed by atoms with Gasteiger partial charge in [0.25, 0.3) is 0 Å². The number of hydrogen-bond acceptors (Lipinski definition) is 4. The Bertz CT molecular complexity index is 1060. The first-order chi connectivity index (χ1) is 14.0. The number of hydrogen-bond donors (Lipinski definition) is 2. The molecule has 29 heavy (non-hydrogen) atoms. The van der Waals surface area contributed by atoms with Crippen LogP contribution < -0.4 is 5.73 Å². The summed E-state index contributed by atoms with van der Waals surface area (Å²) in [6, 6.07) is 5.13. The molecule has 2 saturated carbocycles. The normalized spacial score (nSPS) is 29.7. The molecule has 8 heteroatoms. The number of nitrogens with two attached hydrogens (primary N) is 1. The fraction of sp³-hybridized carbons (Fsp3) is 0.476. The number of alkyl halides is 1. The number of nitrogens with one attached hydrogen (secondary N) is 1. The van der Waals surface area contributed by atoms with Gasteiger partial charge in [-0.15, -0.1) is 0 Å². The molecule has 152 valence electrons. The second-order valence-corrected chi connectivity index (χ2v) is 9.17. The summed E-state index contributed by atoms with van der Waals surface area (Å²) in [6.07, 6.45) is 6.27. The Kier molecular flexibility index (Phi) is 4.76. The zero-order valence-electron chi connectivity index (χ0n) is 15.8. The summed E-state index contributed by atoms with van der Waals surface area (Å²) in [5.41, 5.74) is 9.79. The molecule has 2 aliphatic carbocycles. The quantitative estimate of drug-likeness (QED) is 0.564. The second-order valence-electron chi connectivity index (χ2n) is 8.38. The van der Waals surface area contributed by atoms with E-state index in [-0.39, 0.29) is 11.5 Å². The van der Waals surface area contributed by atoms with Gasteiger partial charge in [-0.1, -0.05) is 35.3 Å². The largest absolute Gasteiger partial charge is 0.325 e. The van der Waals surface area contributed by atoms with Gasteiger partial charge in [0.1, 0.15) is 11.7 Å². The monoisotopic (exact) mass is 433 g/mol. The number of halogens is 3. The van der Waals surface area contributed by atoms with Crippen LogP contribution in [0.5, 0.6) is 0 Å². The molecule has 2 atom stereocenters. The van der Waals surface area contributed by atoms with E-state index in [0.717, 1.165) is 43.4 Å². The minimum absolute atomic E-state index is 0.0315. The van der Waals surface area contributed by atoms with Crippen molar-refractivity contribution in [2.24, 2.45) is 11.1 Å². The summed E-state index contributed by atoms with van der Waals surface area (Å²) in [5, 5.41) is 8.29. The van der Waals surface area contributed by atoms with Gasteiger partial charge in [0.05, 0.1) is 21.4 Å². The molecule has 3 aromatic rings. The summed E-state index contributed by atoms with van der Waals surface area (Å²) < 4.78 is 14.0. The lowest BCUT2D eigenvalue weighted by Gasteiger charge is -2.40. The van der Waals surface area contributed by atoms with Gasteiger partial charge < -0.3 is 5.73 Å². The van der Waals surface area contributed by atoms with Crippen LogP contribution in [0, 0.1) is 5.41 Å². The average Bonchev–Trinajstić information content (AvgIpc) is 3.27. The van der Waals surface area contributed by atoms with Gasteiger partial charge in [-0.05, 0) is 50.0 Å². The highest BCUT2D eigenvalue weighted by Gasteiger charge is 2.48. The molecular formula is C21H22Cl2FN5. The Hall–Kier alpha value is -1.76. The molecule has 2 heterocycles. The Labute approximate surface area is 178 Å². The molecule has 0 radical (unpaired) electrons. The Balaban J connectivity index is 1.40. The third-order valence-corrected chi connectivity index (χ3v) is 7.74. The number of benzene rings is 1. The van der Waals surface area contributed by atoms with Gasteiger partial charge >= 0.3 is 0 Å². The Morgan fingerprint density at radius 2 is 1.90 bits per heavy atom. The molecule has 1 spiro atoms. The van der Waals surface area contributed by atoms with E-state index in [4.69, 9.17) is 33.9 Å². The number of aromatic amines is 1. The molecule has 1 aromatic carbocycles. The highest BCUT2D eigenvalue weighted by Crippen LogP contribution is 2.52. The number of aromatic nitrogens is 4. The lowest BCUT2D eigenvalue weighted by molar-refractivity contribution is 0.136. The summed E-state index contributed by atoms with van der Waals surface area (Å²) in [6.45, 7) is 0. The fourth-order valence-electron chi connectivity index (χ4n) is 5.12. The summed E-state index contributed by atoms with van der Waals surface area (Å²) in [4.78, 5) is 9.40. The van der Waals surface area contributed by atoms with E-state index in [0.29, 0.717) is 39.2 Å². The number of rotatable bonds is 2. The van der Waals surface area contributed by atoms with E-state index < -0.39 is 6.17 Å². The van der Waals surface area contributed by atoms with Crippen molar-refractivity contribution in [3.8, 4) is 11.3 Å². The first-order valence-electron chi connectivity index (χ1n) is 10.0. The second kappa shape index (κ2) is 7.18. The smallest absolute Gasteiger partial charge is 0.200 e. The van der Waals surface area contributed by atoms with Crippen LogP contribution in [-0.4, -0.2) is 32.4 Å². The van der Waals surface area contributed by atoms with E-state index >= 15 is 0 Å². The number of nitrogens with zero attached hydrogens (tertiary/aromatic N) is 3. The zero-order chi connectivity index (χ0) is 20.2. The van der Waals surface area contributed by atoms with E-state index in [1.807, 2.05) is 18.3 Å². The summed E-state index contributed by atoms with van der Waals surface area (Å²) in [5.74, 6) is 0.304. The van der Waals surface area contributed by atoms with Crippen LogP contribution >= 0.6 is 23.2 Å². The third-order valence-electron chi connectivity index (χ3n) is 6.92. The maximum atomic E-state index is 14.0. The summed E-state index contributed by atoms with van der Waals surface area (Å²) >= 11 is 12.5. The first-order valence-corrected chi connectivity index (χ1v) is 10.8. The van der Waals surface area contributed by atoms with Crippen molar-refractivity contribution in [3.05, 3.63) is 40.1 Å². The number of fused-ring (bicyclic) bond motifs is 1. The van der Waals surface area contributed by atoms with Crippen LogP contribution in [0.4, 0.5) is 4.39 Å². The van der Waals surface area contributed by atoms with Crippen LogP contribution in [-0.2, 0) is 0 Å². The maximum absolute atomic E-state index is 14.0. The standard InChI is InChI=1S/C21H22Cl2FN5/c22-13-3-1-2-12(16(13)23)17-18-20(29-28-17)27-15(10-26-18)11-4-7-21(8-5-11)9-6-14(24)19(21)25/h1-3,10-11,14,19H,4-9,25H2,(H,27,28,29). The molecular weight excluding hydrogens is 412 g/mol. The maximum Gasteiger partial charge on any atom is 0.200 e. The molecule has 0 aliphatic heterocycles. The van der Waals surface area contributed by atoms with Gasteiger partial charge in [-0.3, -0.25) is 5.10 Å². The van der Waals surface area contributed by atoms with Crippen molar-refractivity contribution in [1.29, 1.82) is 0 Å². The fourth-order valence-corrected chi connectivity index (χ4v) is 5.51. The third kappa shape index (κ3) is 3.13. The molecule has 5 nitrogen and oxygen atoms in total. The molecule has 0 amide bonds. The van der Waals surface area contributed by atoms with Gasteiger partial charge in [0, 0.05) is 23.7 Å². The molecule has 0 bridgehead atoms. The lowest BCUT2D eigenvalue weighted by atomic mass is 9.67. The Morgan fingerprint density at radius 3 is 2.62 bits per heavy atom. The van der Waals surface area contributed by atoms with E-state index in [1.54, 1.807) is 6.07 Å². The minimum atomic E-state index is -0.858. The van der Waals surface area contributed by atoms with Crippen LogP contribution in [0.15, 0.2) is 24.4 Å². The zero-order valence-corrected chi connectivity index (χ0v) is 17.3. The minimum Gasteiger partial charge on any atom is -0.325 e. The van der Waals surface area contributed by atoms with Crippen molar-refractivity contribution < 1.29 is 4.39 Å². The van der Waals surface area contributed by atoms with Gasteiger partial charge in [-0.25, -0.2) is 14.4 Å². The SMILES string of the molecule is NC1C(F)CCC12CCC(c1cnc3c(-c4cccc(Cl)c4Cl)[nH]nc3n1)CC2. The van der Waals surface area contributed by atoms with Crippen molar-refractivity contribution in [1.82, 2.24) is 20.2 Å². The van der Waals surface area contributed by atoms with Crippen molar-refractivity contribution >= 4 is 34.4 Å². The molecule has 2 unspecified atom stereocenters. The molecule has 0 saturated heterocycles. The van der Waals surface area contributed by atoms with Crippen LogP contribution in [0.25, 0.3) is 22.4 Å². The van der Waals surface area contributed by atoms with Crippen molar-refractivity contribution in [2.75, 3.05) is 0 Å². The molecule has 5 rings (SSSR count). The van der Waals surface area contributed by atoms with E-state index in [2.05, 4.69) is 15.2 Å². The van der Waals surface area contributed by atoms with Gasteiger partial charge in [0.2, 0.25) is 5.65 Å². The number of H-pyrrole nitrogens is 1. The van der Waals surface area contributed by atoms with Crippen molar-refractivity contribution in [2.45, 2.75) is 56.7 Å². The molecule has 3 N–H and O–H groups in total. The highest BCUT2D eigenvalue weighted by molar-refractivity contribution is 6.43. The average molecular weight is 434 g/mol. The first kappa shape index (κ1) is 19.2. The van der Waals surface area contributed by atoms with Crippen LogP contribution in [0.3, 0.4) is 0 Å². The molecule has 2 aromatic heterocycles. The topological polar surface area (TPSA) is 80.5 Å². The molecule has 2 fully saturated rings. The predicted molar refractivity (Wildman–Crippen MR) is 113 cm³/mol. The van der Waals surface area contributed by atoms with Crippen LogP contribution in [0.2, 0.25) is 10.0 Å². The van der Waals surface area contributed by atoms with Gasteiger partial charge in [-0.2, -0.15) is 5.10 Å². The predicted octanol–water partition coefficient (Wildman–Crippen LogP) is 5.43. The van der Waals surface area contributed by atoms with Gasteiger partial charge in [0.15, 0.2) is 0 Å². The summed E-state index contributed by atoms with van der Waals surface area (Å²) in [7, 11) is 0. The van der Waals surface area contributed by atoms with E-state index in [9.17, 15) is 4.39 Å². The molecule has 2 aliphatic rings. The highest BCUT2D eigenvalue weighted by atomic mass is 35.5. The van der Waals surface area contributed by atoms with E-state index in [1.165, 1.54) is 0 Å². The Morgan fingerprint density at radius 1 is 1.14 bits per heavy atom. The van der Waals surface area contributed by atoms with Crippen molar-refractivity contribution in [3.63, 3.8) is 0 Å². The lowest BCUT2D eigenvalue weighted by Crippen LogP contribution is -2.43.